The van der Waals surface area contributed by atoms with E-state index in [0.717, 1.165) is 6.07 Å². The van der Waals surface area contributed by atoms with Crippen molar-refractivity contribution in [2.45, 2.75) is 32.7 Å². The molecule has 0 heterocycles. The van der Waals surface area contributed by atoms with Crippen molar-refractivity contribution in [1.82, 2.24) is 0 Å². The van der Waals surface area contributed by atoms with Gasteiger partial charge in [0.15, 0.2) is 0 Å². The normalized spacial score (nSPS) is 12.2. The average Bonchev–Trinajstić information content (AvgIpc) is 2.11. The van der Waals surface area contributed by atoms with Gasteiger partial charge in [-0.2, -0.15) is 0 Å². The molecule has 0 aliphatic heterocycles. The number of rotatable bonds is 2. The van der Waals surface area contributed by atoms with E-state index >= 15 is 0 Å². The predicted molar refractivity (Wildman–Crippen MR) is 66.0 cm³/mol. The van der Waals surface area contributed by atoms with Crippen LogP contribution in [0.25, 0.3) is 0 Å². The van der Waals surface area contributed by atoms with Gasteiger partial charge in [-0.1, -0.05) is 15.9 Å². The monoisotopic (exact) mass is 340 g/mol. The third kappa shape index (κ3) is 5.50. The van der Waals surface area contributed by atoms with Gasteiger partial charge in [-0.15, -0.1) is 13.2 Å². The first-order chi connectivity index (χ1) is 8.48. The van der Waals surface area contributed by atoms with E-state index in [-0.39, 0.29) is 5.56 Å². The second-order valence-corrected chi connectivity index (χ2v) is 5.61. The summed E-state index contributed by atoms with van der Waals surface area (Å²) in [5, 5.41) is 0. The fourth-order valence-electron chi connectivity index (χ4n) is 1.21. The Bertz CT molecular complexity index is 478. The minimum absolute atomic E-state index is 0.282. The first kappa shape index (κ1) is 15.8. The predicted octanol–water partition coefficient (Wildman–Crippen LogP) is 4.30. The van der Waals surface area contributed by atoms with E-state index in [4.69, 9.17) is 4.74 Å². The molecule has 1 aromatic carbocycles. The number of ether oxygens (including phenoxy) is 2. The number of halogens is 4. The van der Waals surface area contributed by atoms with E-state index in [0.29, 0.717) is 4.47 Å². The summed E-state index contributed by atoms with van der Waals surface area (Å²) in [6.07, 6.45) is -4.88. The van der Waals surface area contributed by atoms with Crippen molar-refractivity contribution in [1.29, 1.82) is 0 Å². The van der Waals surface area contributed by atoms with Gasteiger partial charge in [-0.3, -0.25) is 0 Å². The Labute approximate surface area is 116 Å². The van der Waals surface area contributed by atoms with Crippen LogP contribution in [0, 0.1) is 0 Å². The standard InChI is InChI=1S/C12H12BrF3O3/c1-11(2,3)19-10(17)8-5-4-7(13)6-9(8)18-12(14,15)16/h4-6H,1-3H3. The second-order valence-electron chi connectivity index (χ2n) is 4.69. The van der Waals surface area contributed by atoms with Crippen LogP contribution in [0.2, 0.25) is 0 Å². The molecule has 0 unspecified atom stereocenters. The van der Waals surface area contributed by atoms with Gasteiger partial charge in [0, 0.05) is 4.47 Å². The topological polar surface area (TPSA) is 35.5 Å². The number of esters is 1. The Morgan fingerprint density at radius 1 is 1.21 bits per heavy atom. The van der Waals surface area contributed by atoms with Crippen LogP contribution in [0.3, 0.4) is 0 Å². The highest BCUT2D eigenvalue weighted by Gasteiger charge is 2.33. The van der Waals surface area contributed by atoms with Gasteiger partial charge in [0.05, 0.1) is 0 Å². The molecule has 0 aromatic heterocycles. The van der Waals surface area contributed by atoms with Crippen LogP contribution in [0.5, 0.6) is 5.75 Å². The van der Waals surface area contributed by atoms with Crippen molar-refractivity contribution < 1.29 is 27.4 Å². The molecule has 0 bridgehead atoms. The van der Waals surface area contributed by atoms with Gasteiger partial charge in [-0.25, -0.2) is 4.79 Å². The molecule has 0 aliphatic rings. The Kier molecular flexibility index (Phi) is 4.50. The van der Waals surface area contributed by atoms with Crippen LogP contribution < -0.4 is 4.74 Å². The van der Waals surface area contributed by atoms with Gasteiger partial charge >= 0.3 is 12.3 Å². The first-order valence-electron chi connectivity index (χ1n) is 5.26. The van der Waals surface area contributed by atoms with Crippen molar-refractivity contribution in [2.75, 3.05) is 0 Å². The molecule has 0 saturated carbocycles. The van der Waals surface area contributed by atoms with Crippen LogP contribution in [0.4, 0.5) is 13.2 Å². The molecule has 19 heavy (non-hydrogen) atoms. The zero-order valence-electron chi connectivity index (χ0n) is 10.5. The number of alkyl halides is 3. The lowest BCUT2D eigenvalue weighted by molar-refractivity contribution is -0.274. The molecular weight excluding hydrogens is 329 g/mol. The van der Waals surface area contributed by atoms with Crippen molar-refractivity contribution in [3.05, 3.63) is 28.2 Å². The zero-order chi connectivity index (χ0) is 14.8. The quantitative estimate of drug-likeness (QED) is 0.753. The summed E-state index contributed by atoms with van der Waals surface area (Å²) in [5.74, 6) is -1.48. The fraction of sp³-hybridized carbons (Fsp3) is 0.417. The molecular formula is C12H12BrF3O3. The maximum Gasteiger partial charge on any atom is 0.573 e. The summed E-state index contributed by atoms with van der Waals surface area (Å²) in [6, 6.07) is 3.70. The van der Waals surface area contributed by atoms with E-state index < -0.39 is 23.7 Å². The fourth-order valence-corrected chi connectivity index (χ4v) is 1.55. The summed E-state index contributed by atoms with van der Waals surface area (Å²) in [6.45, 7) is 4.86. The minimum atomic E-state index is -4.88. The molecule has 0 N–H and O–H groups in total. The minimum Gasteiger partial charge on any atom is -0.456 e. The number of benzene rings is 1. The van der Waals surface area contributed by atoms with Gasteiger partial charge in [0.25, 0.3) is 0 Å². The van der Waals surface area contributed by atoms with Crippen LogP contribution in [0.15, 0.2) is 22.7 Å². The molecule has 0 spiro atoms. The van der Waals surface area contributed by atoms with Gasteiger partial charge in [0.2, 0.25) is 0 Å². The van der Waals surface area contributed by atoms with Crippen LogP contribution in [0.1, 0.15) is 31.1 Å². The zero-order valence-corrected chi connectivity index (χ0v) is 12.1. The SMILES string of the molecule is CC(C)(C)OC(=O)c1ccc(Br)cc1OC(F)(F)F. The highest BCUT2D eigenvalue weighted by Crippen LogP contribution is 2.30. The largest absolute Gasteiger partial charge is 0.573 e. The third-order valence-electron chi connectivity index (χ3n) is 1.79. The lowest BCUT2D eigenvalue weighted by Crippen LogP contribution is -2.25. The highest BCUT2D eigenvalue weighted by molar-refractivity contribution is 9.10. The Morgan fingerprint density at radius 2 is 1.79 bits per heavy atom. The molecule has 0 amide bonds. The van der Waals surface area contributed by atoms with Crippen molar-refractivity contribution >= 4 is 21.9 Å². The maximum absolute atomic E-state index is 12.3. The van der Waals surface area contributed by atoms with Crippen LogP contribution in [-0.4, -0.2) is 17.9 Å². The van der Waals surface area contributed by atoms with Gasteiger partial charge < -0.3 is 9.47 Å². The molecule has 1 aromatic rings. The summed E-state index contributed by atoms with van der Waals surface area (Å²) < 4.78 is 46.0. The molecule has 0 saturated heterocycles. The van der Waals surface area contributed by atoms with Gasteiger partial charge in [0.1, 0.15) is 16.9 Å². The molecule has 7 heteroatoms. The van der Waals surface area contributed by atoms with E-state index in [1.807, 2.05) is 0 Å². The Morgan fingerprint density at radius 3 is 2.26 bits per heavy atom. The lowest BCUT2D eigenvalue weighted by atomic mass is 10.1. The van der Waals surface area contributed by atoms with E-state index in [2.05, 4.69) is 20.7 Å². The van der Waals surface area contributed by atoms with E-state index in [9.17, 15) is 18.0 Å². The molecule has 106 valence electrons. The van der Waals surface area contributed by atoms with Crippen molar-refractivity contribution in [3.8, 4) is 5.75 Å². The smallest absolute Gasteiger partial charge is 0.456 e. The Hall–Kier alpha value is -1.24. The number of hydrogen-bond donors (Lipinski definition) is 0. The molecule has 3 nitrogen and oxygen atoms in total. The van der Waals surface area contributed by atoms with Crippen molar-refractivity contribution in [2.24, 2.45) is 0 Å². The molecule has 0 atom stereocenters. The second kappa shape index (κ2) is 5.40. The van der Waals surface area contributed by atoms with Gasteiger partial charge in [-0.05, 0) is 39.0 Å². The van der Waals surface area contributed by atoms with Crippen LogP contribution >= 0.6 is 15.9 Å². The third-order valence-corrected chi connectivity index (χ3v) is 2.28. The summed E-state index contributed by atoms with van der Waals surface area (Å²) in [4.78, 5) is 11.8. The summed E-state index contributed by atoms with van der Waals surface area (Å²) in [5.41, 5.74) is -1.09. The molecule has 0 aliphatic carbocycles. The highest BCUT2D eigenvalue weighted by atomic mass is 79.9. The maximum atomic E-state index is 12.3. The van der Waals surface area contributed by atoms with E-state index in [1.54, 1.807) is 20.8 Å². The van der Waals surface area contributed by atoms with Crippen LogP contribution in [-0.2, 0) is 4.74 Å². The molecule has 0 radical (unpaired) electrons. The van der Waals surface area contributed by atoms with E-state index in [1.165, 1.54) is 12.1 Å². The molecule has 0 fully saturated rings. The summed E-state index contributed by atoms with van der Waals surface area (Å²) >= 11 is 3.01. The number of carbonyl (C=O) groups is 1. The average molecular weight is 341 g/mol. The lowest BCUT2D eigenvalue weighted by Gasteiger charge is -2.20. The number of carbonyl (C=O) groups excluding carboxylic acids is 1. The summed E-state index contributed by atoms with van der Waals surface area (Å²) in [7, 11) is 0. The molecule has 1 rings (SSSR count). The number of hydrogen-bond acceptors (Lipinski definition) is 3. The first-order valence-corrected chi connectivity index (χ1v) is 6.06. The van der Waals surface area contributed by atoms with Crippen molar-refractivity contribution in [3.63, 3.8) is 0 Å². The Balaban J connectivity index is 3.10.